The molecule has 0 atom stereocenters. The maximum absolute atomic E-state index is 12.5. The average Bonchev–Trinajstić information content (AvgIpc) is 3.17. The lowest BCUT2D eigenvalue weighted by Crippen LogP contribution is -2.14. The Morgan fingerprint density at radius 3 is 2.39 bits per heavy atom. The van der Waals surface area contributed by atoms with Gasteiger partial charge in [0.2, 0.25) is 0 Å². The highest BCUT2D eigenvalue weighted by Gasteiger charge is 2.13. The third-order valence-corrected chi connectivity index (χ3v) is 4.27. The van der Waals surface area contributed by atoms with Crippen molar-refractivity contribution >= 4 is 23.0 Å². The zero-order valence-electron chi connectivity index (χ0n) is 15.4. The fraction of sp³-hybridized carbons (Fsp3) is 0.143. The van der Waals surface area contributed by atoms with Crippen LogP contribution >= 0.6 is 0 Å². The van der Waals surface area contributed by atoms with E-state index in [0.717, 1.165) is 24.4 Å². The van der Waals surface area contributed by atoms with E-state index in [1.54, 1.807) is 54.9 Å². The number of hydrogen-bond donors (Lipinski definition) is 1. The molecule has 7 nitrogen and oxygen atoms in total. The van der Waals surface area contributed by atoms with Crippen molar-refractivity contribution in [1.82, 2.24) is 9.97 Å². The summed E-state index contributed by atoms with van der Waals surface area (Å²) in [5, 5.41) is 9.30. The van der Waals surface area contributed by atoms with E-state index in [9.17, 15) is 4.79 Å². The molecule has 1 N–H and O–H groups in total. The van der Waals surface area contributed by atoms with E-state index >= 15 is 0 Å². The Morgan fingerprint density at radius 2 is 1.75 bits per heavy atom. The standard InChI is InChI=1S/C21H19N5O2/c1-15-11-14-26(25-15)18-7-3-16(4-8-18)20(27)24-17-5-9-19(10-6-17)28-21-22-12-2-13-23-21/h2-10,12-13H,11,14H2,1H3,(H,24,27). The Labute approximate surface area is 162 Å². The highest BCUT2D eigenvalue weighted by atomic mass is 16.5. The number of hydrogen-bond acceptors (Lipinski definition) is 6. The first kappa shape index (κ1) is 17.7. The molecule has 140 valence electrons. The summed E-state index contributed by atoms with van der Waals surface area (Å²) in [5.41, 5.74) is 3.36. The smallest absolute Gasteiger partial charge is 0.321 e. The number of amides is 1. The molecule has 0 fully saturated rings. The topological polar surface area (TPSA) is 79.7 Å². The number of aromatic nitrogens is 2. The average molecular weight is 373 g/mol. The van der Waals surface area contributed by atoms with Crippen LogP contribution in [0, 0.1) is 0 Å². The molecule has 28 heavy (non-hydrogen) atoms. The molecule has 0 bridgehead atoms. The van der Waals surface area contributed by atoms with Crippen LogP contribution in [0.3, 0.4) is 0 Å². The molecule has 1 aliphatic rings. The van der Waals surface area contributed by atoms with Gasteiger partial charge in [-0.3, -0.25) is 9.80 Å². The second-order valence-corrected chi connectivity index (χ2v) is 6.37. The third-order valence-electron chi connectivity index (χ3n) is 4.27. The van der Waals surface area contributed by atoms with Crippen LogP contribution in [0.4, 0.5) is 11.4 Å². The monoisotopic (exact) mass is 373 g/mol. The summed E-state index contributed by atoms with van der Waals surface area (Å²) in [7, 11) is 0. The van der Waals surface area contributed by atoms with Gasteiger partial charge in [-0.1, -0.05) is 0 Å². The molecule has 0 unspecified atom stereocenters. The lowest BCUT2D eigenvalue weighted by molar-refractivity contribution is 0.102. The molecular formula is C21H19N5O2. The zero-order valence-corrected chi connectivity index (χ0v) is 15.4. The molecule has 7 heteroatoms. The van der Waals surface area contributed by atoms with Gasteiger partial charge >= 0.3 is 6.01 Å². The third kappa shape index (κ3) is 4.15. The molecule has 0 saturated carbocycles. The van der Waals surface area contributed by atoms with E-state index in [1.165, 1.54) is 0 Å². The first-order valence-corrected chi connectivity index (χ1v) is 8.95. The second-order valence-electron chi connectivity index (χ2n) is 6.37. The molecular weight excluding hydrogens is 354 g/mol. The van der Waals surface area contributed by atoms with Crippen molar-refractivity contribution in [1.29, 1.82) is 0 Å². The highest BCUT2D eigenvalue weighted by molar-refractivity contribution is 6.04. The molecule has 1 aliphatic heterocycles. The van der Waals surface area contributed by atoms with Gasteiger partial charge in [-0.05, 0) is 61.5 Å². The first-order chi connectivity index (χ1) is 13.7. The van der Waals surface area contributed by atoms with Crippen molar-refractivity contribution in [3.05, 3.63) is 72.6 Å². The van der Waals surface area contributed by atoms with Crippen molar-refractivity contribution in [3.8, 4) is 11.8 Å². The maximum Gasteiger partial charge on any atom is 0.321 e. The Morgan fingerprint density at radius 1 is 1.04 bits per heavy atom. The van der Waals surface area contributed by atoms with Gasteiger partial charge in [0.15, 0.2) is 0 Å². The number of ether oxygens (including phenoxy) is 1. The zero-order chi connectivity index (χ0) is 19.3. The number of hydrazone groups is 1. The van der Waals surface area contributed by atoms with Crippen LogP contribution in [0.1, 0.15) is 23.7 Å². The van der Waals surface area contributed by atoms with Gasteiger partial charge in [0, 0.05) is 42.3 Å². The van der Waals surface area contributed by atoms with Crippen LogP contribution in [-0.4, -0.2) is 28.1 Å². The lowest BCUT2D eigenvalue weighted by Gasteiger charge is -2.14. The lowest BCUT2D eigenvalue weighted by atomic mass is 10.2. The van der Waals surface area contributed by atoms with Crippen molar-refractivity contribution < 1.29 is 9.53 Å². The van der Waals surface area contributed by atoms with Crippen LogP contribution in [0.5, 0.6) is 11.8 Å². The maximum atomic E-state index is 12.5. The Hall–Kier alpha value is -3.74. The fourth-order valence-electron chi connectivity index (χ4n) is 2.80. The number of anilines is 2. The predicted octanol–water partition coefficient (Wildman–Crippen LogP) is 4.11. The van der Waals surface area contributed by atoms with E-state index in [-0.39, 0.29) is 11.9 Å². The molecule has 1 aromatic heterocycles. The predicted molar refractivity (Wildman–Crippen MR) is 108 cm³/mol. The van der Waals surface area contributed by atoms with Gasteiger partial charge in [-0.15, -0.1) is 0 Å². The number of carbonyl (C=O) groups excluding carboxylic acids is 1. The van der Waals surface area contributed by atoms with Crippen LogP contribution in [0.15, 0.2) is 72.1 Å². The SMILES string of the molecule is CC1=NN(c2ccc(C(=O)Nc3ccc(Oc4ncccn4)cc3)cc2)CC1. The molecule has 2 aromatic carbocycles. The highest BCUT2D eigenvalue weighted by Crippen LogP contribution is 2.22. The summed E-state index contributed by atoms with van der Waals surface area (Å²) < 4.78 is 5.54. The van der Waals surface area contributed by atoms with Crippen molar-refractivity contribution in [3.63, 3.8) is 0 Å². The molecule has 1 amide bonds. The number of carbonyl (C=O) groups is 1. The van der Waals surface area contributed by atoms with Gasteiger partial charge < -0.3 is 10.1 Å². The van der Waals surface area contributed by atoms with Crippen LogP contribution in [-0.2, 0) is 0 Å². The van der Waals surface area contributed by atoms with E-state index in [0.29, 0.717) is 17.0 Å². The van der Waals surface area contributed by atoms with Gasteiger partial charge in [0.1, 0.15) is 5.75 Å². The molecule has 3 aromatic rings. The number of rotatable bonds is 5. The summed E-state index contributed by atoms with van der Waals surface area (Å²) in [6.07, 6.45) is 4.19. The Bertz CT molecular complexity index is 986. The largest absolute Gasteiger partial charge is 0.424 e. The van der Waals surface area contributed by atoms with E-state index in [1.807, 2.05) is 24.1 Å². The minimum atomic E-state index is -0.173. The Kier molecular flexibility index (Phi) is 4.97. The number of nitrogens with one attached hydrogen (secondary N) is 1. The van der Waals surface area contributed by atoms with E-state index < -0.39 is 0 Å². The fourth-order valence-corrected chi connectivity index (χ4v) is 2.80. The summed E-state index contributed by atoms with van der Waals surface area (Å²) in [6, 6.07) is 16.5. The molecule has 2 heterocycles. The van der Waals surface area contributed by atoms with E-state index in [4.69, 9.17) is 4.74 Å². The van der Waals surface area contributed by atoms with Crippen LogP contribution < -0.4 is 15.1 Å². The first-order valence-electron chi connectivity index (χ1n) is 8.95. The quantitative estimate of drug-likeness (QED) is 0.728. The second kappa shape index (κ2) is 7.87. The summed E-state index contributed by atoms with van der Waals surface area (Å²) in [6.45, 7) is 2.89. The van der Waals surface area contributed by atoms with Gasteiger partial charge in [-0.25, -0.2) is 9.97 Å². The number of nitrogens with zero attached hydrogens (tertiary/aromatic N) is 4. The minimum Gasteiger partial charge on any atom is -0.424 e. The summed E-state index contributed by atoms with van der Waals surface area (Å²) in [4.78, 5) is 20.5. The number of benzene rings is 2. The van der Waals surface area contributed by atoms with Gasteiger partial charge in [0.25, 0.3) is 5.91 Å². The van der Waals surface area contributed by atoms with Crippen LogP contribution in [0.25, 0.3) is 0 Å². The van der Waals surface area contributed by atoms with Crippen LogP contribution in [0.2, 0.25) is 0 Å². The minimum absolute atomic E-state index is 0.173. The van der Waals surface area contributed by atoms with Crippen molar-refractivity contribution in [2.24, 2.45) is 5.10 Å². The van der Waals surface area contributed by atoms with Crippen molar-refractivity contribution in [2.45, 2.75) is 13.3 Å². The molecule has 4 rings (SSSR count). The Balaban J connectivity index is 1.38. The van der Waals surface area contributed by atoms with Crippen molar-refractivity contribution in [2.75, 3.05) is 16.9 Å². The van der Waals surface area contributed by atoms with Gasteiger partial charge in [-0.2, -0.15) is 5.10 Å². The molecule has 0 saturated heterocycles. The normalized spacial score (nSPS) is 13.2. The van der Waals surface area contributed by atoms with Gasteiger partial charge in [0.05, 0.1) is 5.69 Å². The molecule has 0 aliphatic carbocycles. The molecule has 0 spiro atoms. The molecule has 0 radical (unpaired) electrons. The summed E-state index contributed by atoms with van der Waals surface area (Å²) >= 11 is 0. The van der Waals surface area contributed by atoms with E-state index in [2.05, 4.69) is 20.4 Å². The summed E-state index contributed by atoms with van der Waals surface area (Å²) in [5.74, 6) is 0.419.